The lowest BCUT2D eigenvalue weighted by Gasteiger charge is -2.31. The van der Waals surface area contributed by atoms with Crippen molar-refractivity contribution in [2.75, 3.05) is 11.4 Å². The summed E-state index contributed by atoms with van der Waals surface area (Å²) in [5.74, 6) is -0.715. The first-order chi connectivity index (χ1) is 8.50. The third-order valence-corrected chi connectivity index (χ3v) is 5.03. The average molecular weight is 330 g/mol. The minimum Gasteiger partial charge on any atom is -0.481 e. The summed E-state index contributed by atoms with van der Waals surface area (Å²) in [7, 11) is 0. The van der Waals surface area contributed by atoms with Gasteiger partial charge in [-0.3, -0.25) is 4.79 Å². The van der Waals surface area contributed by atoms with E-state index in [0.29, 0.717) is 0 Å². The third kappa shape index (κ3) is 3.01. The first-order valence-electron chi connectivity index (χ1n) is 5.97. The maximum absolute atomic E-state index is 10.5. The van der Waals surface area contributed by atoms with E-state index in [-0.39, 0.29) is 10.2 Å². The van der Waals surface area contributed by atoms with E-state index in [1.807, 2.05) is 12.1 Å². The van der Waals surface area contributed by atoms with Gasteiger partial charge in [0.25, 0.3) is 0 Å². The average Bonchev–Trinajstić information content (AvgIpc) is 2.54. The smallest absolute Gasteiger partial charge is 0.303 e. The van der Waals surface area contributed by atoms with Gasteiger partial charge in [-0.1, -0.05) is 23.9 Å². The molecule has 1 aromatic carbocycles. The molecule has 0 saturated carbocycles. The van der Waals surface area contributed by atoms with Gasteiger partial charge in [0.1, 0.15) is 3.78 Å². The van der Waals surface area contributed by atoms with Gasteiger partial charge in [-0.15, -0.1) is 0 Å². The van der Waals surface area contributed by atoms with Crippen LogP contribution in [0.4, 0.5) is 5.69 Å². The Balaban J connectivity index is 2.00. The van der Waals surface area contributed by atoms with Crippen LogP contribution in [0.1, 0.15) is 26.2 Å². The monoisotopic (exact) mass is 329 g/mol. The lowest BCUT2D eigenvalue weighted by atomic mass is 10.2. The molecule has 98 valence electrons. The van der Waals surface area contributed by atoms with E-state index in [2.05, 4.69) is 39.9 Å². The lowest BCUT2D eigenvalue weighted by molar-refractivity contribution is -0.137. The normalized spacial score (nSPS) is 22.0. The zero-order chi connectivity index (χ0) is 13.2. The number of halogens is 1. The molecule has 1 aliphatic rings. The predicted molar refractivity (Wildman–Crippen MR) is 78.5 cm³/mol. The Morgan fingerprint density at radius 3 is 2.89 bits per heavy atom. The van der Waals surface area contributed by atoms with Gasteiger partial charge >= 0.3 is 5.97 Å². The van der Waals surface area contributed by atoms with E-state index in [1.54, 1.807) is 11.8 Å². The molecule has 0 fully saturated rings. The molecule has 18 heavy (non-hydrogen) atoms. The molecule has 0 amide bonds. The number of carboxylic acids is 1. The number of rotatable bonds is 5. The summed E-state index contributed by atoms with van der Waals surface area (Å²) < 4.78 is -0.125. The Labute approximate surface area is 120 Å². The molecule has 0 aliphatic carbocycles. The first-order valence-corrected chi connectivity index (χ1v) is 7.58. The highest BCUT2D eigenvalue weighted by Crippen LogP contribution is 2.53. The first kappa shape index (κ1) is 13.7. The van der Waals surface area contributed by atoms with Gasteiger partial charge in [0.15, 0.2) is 0 Å². The maximum Gasteiger partial charge on any atom is 0.303 e. The van der Waals surface area contributed by atoms with Crippen molar-refractivity contribution in [3.8, 4) is 0 Å². The number of anilines is 1. The van der Waals surface area contributed by atoms with Crippen LogP contribution in [0.5, 0.6) is 0 Å². The number of nitrogens with zero attached hydrogens (tertiary/aromatic N) is 1. The van der Waals surface area contributed by atoms with Gasteiger partial charge in [-0.25, -0.2) is 0 Å². The molecule has 0 spiro atoms. The van der Waals surface area contributed by atoms with Gasteiger partial charge in [0, 0.05) is 17.9 Å². The number of aliphatic carboxylic acids is 1. The molecule has 1 N–H and O–H groups in total. The number of unbranched alkanes of at least 4 members (excludes halogenated alkanes) is 1. The molecule has 1 aliphatic heterocycles. The maximum atomic E-state index is 10.5. The number of hydrogen-bond donors (Lipinski definition) is 1. The molecule has 0 aromatic heterocycles. The molecule has 1 aromatic rings. The second-order valence-corrected chi connectivity index (χ2v) is 7.95. The summed E-state index contributed by atoms with van der Waals surface area (Å²) in [6.07, 6.45) is 1.87. The number of thioether (sulfide) groups is 1. The summed E-state index contributed by atoms with van der Waals surface area (Å²) in [4.78, 5) is 14.1. The molecule has 0 saturated heterocycles. The highest BCUT2D eigenvalue weighted by Gasteiger charge is 2.37. The summed E-state index contributed by atoms with van der Waals surface area (Å²) >= 11 is 5.54. The van der Waals surface area contributed by atoms with Crippen LogP contribution in [-0.4, -0.2) is 21.4 Å². The van der Waals surface area contributed by atoms with Crippen molar-refractivity contribution < 1.29 is 9.90 Å². The predicted octanol–water partition coefficient (Wildman–Crippen LogP) is 3.92. The van der Waals surface area contributed by atoms with Crippen molar-refractivity contribution in [2.24, 2.45) is 0 Å². The van der Waals surface area contributed by atoms with E-state index in [4.69, 9.17) is 5.11 Å². The topological polar surface area (TPSA) is 40.5 Å². The quantitative estimate of drug-likeness (QED) is 0.505. The SMILES string of the molecule is CC1(Br)Sc2ccccc2N1CCCCC(=O)O. The van der Waals surface area contributed by atoms with Crippen molar-refractivity contribution in [1.29, 1.82) is 0 Å². The molecule has 0 bridgehead atoms. The second-order valence-electron chi connectivity index (χ2n) is 4.44. The lowest BCUT2D eigenvalue weighted by Crippen LogP contribution is -2.35. The van der Waals surface area contributed by atoms with Crippen molar-refractivity contribution in [3.05, 3.63) is 24.3 Å². The van der Waals surface area contributed by atoms with Gasteiger partial charge < -0.3 is 10.0 Å². The fourth-order valence-electron chi connectivity index (χ4n) is 2.10. The molecule has 0 radical (unpaired) electrons. The fraction of sp³-hybridized carbons (Fsp3) is 0.462. The number of benzene rings is 1. The van der Waals surface area contributed by atoms with E-state index in [0.717, 1.165) is 19.4 Å². The number of para-hydroxylation sites is 1. The van der Waals surface area contributed by atoms with Crippen LogP contribution in [0.3, 0.4) is 0 Å². The highest BCUT2D eigenvalue weighted by atomic mass is 79.9. The molecule has 1 atom stereocenters. The zero-order valence-electron chi connectivity index (χ0n) is 10.2. The highest BCUT2D eigenvalue weighted by molar-refractivity contribution is 9.12. The van der Waals surface area contributed by atoms with E-state index in [9.17, 15) is 4.79 Å². The summed E-state index contributed by atoms with van der Waals surface area (Å²) in [6, 6.07) is 8.32. The fourth-order valence-corrected chi connectivity index (χ4v) is 4.13. The van der Waals surface area contributed by atoms with E-state index < -0.39 is 5.97 Å². The Morgan fingerprint density at radius 2 is 2.17 bits per heavy atom. The van der Waals surface area contributed by atoms with Crippen LogP contribution >= 0.6 is 27.7 Å². The molecule has 2 rings (SSSR count). The van der Waals surface area contributed by atoms with Gasteiger partial charge in [-0.2, -0.15) is 0 Å². The van der Waals surface area contributed by atoms with Crippen LogP contribution in [0, 0.1) is 0 Å². The molecule has 5 heteroatoms. The summed E-state index contributed by atoms with van der Waals surface area (Å²) in [6.45, 7) is 3.01. The standard InChI is InChI=1S/C13H16BrNO2S/c1-13(14)15(9-5-4-8-12(16)17)10-6-2-3-7-11(10)18-13/h2-3,6-7H,4-5,8-9H2,1H3,(H,16,17). The van der Waals surface area contributed by atoms with Gasteiger partial charge in [-0.05, 0) is 47.8 Å². The summed E-state index contributed by atoms with van der Waals surface area (Å²) in [5, 5.41) is 8.64. The number of carboxylic acid groups (broad SMARTS) is 1. The second kappa shape index (κ2) is 5.53. The van der Waals surface area contributed by atoms with Crippen LogP contribution in [-0.2, 0) is 4.79 Å². The third-order valence-electron chi connectivity index (χ3n) is 2.96. The van der Waals surface area contributed by atoms with Crippen LogP contribution in [0.2, 0.25) is 0 Å². The summed E-state index contributed by atoms with van der Waals surface area (Å²) in [5.41, 5.74) is 1.23. The molecular weight excluding hydrogens is 314 g/mol. The minimum absolute atomic E-state index is 0.125. The molecular formula is C13H16BrNO2S. The number of hydrogen-bond acceptors (Lipinski definition) is 3. The molecule has 1 heterocycles. The Bertz CT molecular complexity index is 450. The van der Waals surface area contributed by atoms with Crippen LogP contribution in [0.25, 0.3) is 0 Å². The van der Waals surface area contributed by atoms with Crippen molar-refractivity contribution >= 4 is 39.3 Å². The minimum atomic E-state index is -0.715. The van der Waals surface area contributed by atoms with E-state index in [1.165, 1.54) is 10.6 Å². The van der Waals surface area contributed by atoms with Crippen LogP contribution < -0.4 is 4.90 Å². The van der Waals surface area contributed by atoms with Gasteiger partial charge in [0.05, 0.1) is 5.69 Å². The number of alkyl halides is 1. The van der Waals surface area contributed by atoms with Gasteiger partial charge in [0.2, 0.25) is 0 Å². The Kier molecular flexibility index (Phi) is 4.22. The van der Waals surface area contributed by atoms with Crippen LogP contribution in [0.15, 0.2) is 29.2 Å². The number of carbonyl (C=O) groups is 1. The largest absolute Gasteiger partial charge is 0.481 e. The van der Waals surface area contributed by atoms with Crippen molar-refractivity contribution in [3.63, 3.8) is 0 Å². The molecule has 1 unspecified atom stereocenters. The van der Waals surface area contributed by atoms with Crippen molar-refractivity contribution in [2.45, 2.75) is 34.9 Å². The zero-order valence-corrected chi connectivity index (χ0v) is 12.6. The van der Waals surface area contributed by atoms with E-state index >= 15 is 0 Å². The number of fused-ring (bicyclic) bond motifs is 1. The molecule has 3 nitrogen and oxygen atoms in total. The van der Waals surface area contributed by atoms with Crippen molar-refractivity contribution in [1.82, 2.24) is 0 Å². The Hall–Kier alpha value is -0.680. The Morgan fingerprint density at radius 1 is 1.44 bits per heavy atom.